The molecule has 0 radical (unpaired) electrons. The van der Waals surface area contributed by atoms with Crippen LogP contribution in [0.2, 0.25) is 0 Å². The van der Waals surface area contributed by atoms with E-state index in [2.05, 4.69) is 15.5 Å². The van der Waals surface area contributed by atoms with Gasteiger partial charge in [-0.05, 0) is 48.9 Å². The number of nitrogens with one attached hydrogen (secondary N) is 1. The molecular formula is C23H25N5O4S. The van der Waals surface area contributed by atoms with Gasteiger partial charge in [-0.1, -0.05) is 23.9 Å². The summed E-state index contributed by atoms with van der Waals surface area (Å²) in [4.78, 5) is 28.6. The van der Waals surface area contributed by atoms with Crippen molar-refractivity contribution < 1.29 is 18.7 Å². The standard InChI is InChI=1S/C23H25N5O4S/c1-16-4-3-5-18(14-16)24-22(30)28-12-10-27(11-13-28)20(29)15-33-23-26-25-21(32-23)17-6-8-19(31-2)9-7-17/h3-9,14H,10-13,15H2,1-2H3,(H,24,30). The second-order valence-electron chi connectivity index (χ2n) is 7.56. The number of methoxy groups -OCH3 is 1. The lowest BCUT2D eigenvalue weighted by molar-refractivity contribution is -0.129. The van der Waals surface area contributed by atoms with E-state index < -0.39 is 0 Å². The van der Waals surface area contributed by atoms with Gasteiger partial charge < -0.3 is 24.3 Å². The minimum atomic E-state index is -0.154. The number of aryl methyl sites for hydroxylation is 1. The first-order valence-electron chi connectivity index (χ1n) is 10.5. The summed E-state index contributed by atoms with van der Waals surface area (Å²) in [6.45, 7) is 3.92. The van der Waals surface area contributed by atoms with Crippen LogP contribution in [0.25, 0.3) is 11.5 Å². The number of aromatic nitrogens is 2. The molecule has 10 heteroatoms. The molecule has 0 saturated carbocycles. The van der Waals surface area contributed by atoms with Crippen molar-refractivity contribution in [1.29, 1.82) is 0 Å². The number of carbonyl (C=O) groups excluding carboxylic acids is 2. The van der Waals surface area contributed by atoms with Crippen molar-refractivity contribution in [2.75, 3.05) is 44.4 Å². The van der Waals surface area contributed by atoms with Crippen molar-refractivity contribution in [3.8, 4) is 17.2 Å². The van der Waals surface area contributed by atoms with Crippen molar-refractivity contribution in [3.63, 3.8) is 0 Å². The maximum absolute atomic E-state index is 12.6. The lowest BCUT2D eigenvalue weighted by atomic mass is 10.2. The largest absolute Gasteiger partial charge is 0.497 e. The summed E-state index contributed by atoms with van der Waals surface area (Å²) < 4.78 is 10.8. The van der Waals surface area contributed by atoms with E-state index in [1.807, 2.05) is 55.5 Å². The number of hydrogen-bond acceptors (Lipinski definition) is 7. The van der Waals surface area contributed by atoms with Gasteiger partial charge in [-0.25, -0.2) is 4.79 Å². The van der Waals surface area contributed by atoms with Gasteiger partial charge in [-0.2, -0.15) is 0 Å². The third-order valence-corrected chi connectivity index (χ3v) is 6.05. The number of hydrogen-bond donors (Lipinski definition) is 1. The lowest BCUT2D eigenvalue weighted by Crippen LogP contribution is -2.52. The van der Waals surface area contributed by atoms with E-state index in [1.54, 1.807) is 16.9 Å². The topological polar surface area (TPSA) is 101 Å². The molecule has 3 amide bonds. The third-order valence-electron chi connectivity index (χ3n) is 5.25. The van der Waals surface area contributed by atoms with E-state index >= 15 is 0 Å². The van der Waals surface area contributed by atoms with Gasteiger partial charge >= 0.3 is 6.03 Å². The zero-order valence-corrected chi connectivity index (χ0v) is 19.3. The highest BCUT2D eigenvalue weighted by Gasteiger charge is 2.24. The number of nitrogens with zero attached hydrogens (tertiary/aromatic N) is 4. The number of amides is 3. The summed E-state index contributed by atoms with van der Waals surface area (Å²) in [5.74, 6) is 1.30. The zero-order chi connectivity index (χ0) is 23.2. The van der Waals surface area contributed by atoms with Crippen LogP contribution in [0, 0.1) is 6.92 Å². The summed E-state index contributed by atoms with van der Waals surface area (Å²) in [7, 11) is 1.60. The van der Waals surface area contributed by atoms with Gasteiger partial charge in [-0.3, -0.25) is 4.79 Å². The van der Waals surface area contributed by atoms with Crippen LogP contribution in [-0.4, -0.2) is 71.0 Å². The Balaban J connectivity index is 1.23. The lowest BCUT2D eigenvalue weighted by Gasteiger charge is -2.34. The molecule has 1 aromatic heterocycles. The summed E-state index contributed by atoms with van der Waals surface area (Å²) in [6, 6.07) is 14.8. The van der Waals surface area contributed by atoms with Gasteiger partial charge in [0.15, 0.2) is 0 Å². The number of piperazine rings is 1. The minimum absolute atomic E-state index is 0.0251. The number of rotatable bonds is 6. The Morgan fingerprint density at radius 1 is 1.06 bits per heavy atom. The summed E-state index contributed by atoms with van der Waals surface area (Å²) in [5, 5.41) is 11.3. The fourth-order valence-corrected chi connectivity index (χ4v) is 4.08. The Kier molecular flexibility index (Phi) is 7.13. The Hall–Kier alpha value is -3.53. The number of thioether (sulfide) groups is 1. The first kappa shape index (κ1) is 22.7. The maximum Gasteiger partial charge on any atom is 0.321 e. The van der Waals surface area contributed by atoms with Crippen molar-refractivity contribution in [2.24, 2.45) is 0 Å². The average molecular weight is 468 g/mol. The molecule has 1 aliphatic rings. The minimum Gasteiger partial charge on any atom is -0.497 e. The molecule has 0 unspecified atom stereocenters. The fourth-order valence-electron chi connectivity index (χ4n) is 3.42. The number of urea groups is 1. The zero-order valence-electron chi connectivity index (χ0n) is 18.5. The van der Waals surface area contributed by atoms with Gasteiger partial charge in [0.2, 0.25) is 11.8 Å². The third kappa shape index (κ3) is 5.83. The number of anilines is 1. The maximum atomic E-state index is 12.6. The van der Waals surface area contributed by atoms with Crippen LogP contribution in [0.1, 0.15) is 5.56 Å². The first-order chi connectivity index (χ1) is 16.0. The second-order valence-corrected chi connectivity index (χ2v) is 8.48. The number of benzene rings is 2. The molecule has 2 aromatic carbocycles. The van der Waals surface area contributed by atoms with Gasteiger partial charge in [0.05, 0.1) is 12.9 Å². The average Bonchev–Trinajstić information content (AvgIpc) is 3.32. The summed E-state index contributed by atoms with van der Waals surface area (Å²) >= 11 is 1.21. The Bertz CT molecular complexity index is 1110. The van der Waals surface area contributed by atoms with Crippen LogP contribution >= 0.6 is 11.8 Å². The molecular weight excluding hydrogens is 442 g/mol. The van der Waals surface area contributed by atoms with Crippen LogP contribution in [0.4, 0.5) is 10.5 Å². The summed E-state index contributed by atoms with van der Waals surface area (Å²) in [5.41, 5.74) is 2.63. The molecule has 9 nitrogen and oxygen atoms in total. The predicted molar refractivity (Wildman–Crippen MR) is 125 cm³/mol. The van der Waals surface area contributed by atoms with E-state index in [9.17, 15) is 9.59 Å². The van der Waals surface area contributed by atoms with Crippen LogP contribution in [0.5, 0.6) is 5.75 Å². The molecule has 2 heterocycles. The van der Waals surface area contributed by atoms with Gasteiger partial charge in [0, 0.05) is 37.4 Å². The van der Waals surface area contributed by atoms with Gasteiger partial charge in [0.25, 0.3) is 5.22 Å². The van der Waals surface area contributed by atoms with Crippen LogP contribution in [-0.2, 0) is 4.79 Å². The van der Waals surface area contributed by atoms with Crippen LogP contribution in [0.15, 0.2) is 58.2 Å². The molecule has 0 spiro atoms. The highest BCUT2D eigenvalue weighted by atomic mass is 32.2. The fraction of sp³-hybridized carbons (Fsp3) is 0.304. The van der Waals surface area contributed by atoms with E-state index in [1.165, 1.54) is 11.8 Å². The van der Waals surface area contributed by atoms with Gasteiger partial charge in [0.1, 0.15) is 5.75 Å². The molecule has 3 aromatic rings. The van der Waals surface area contributed by atoms with E-state index in [4.69, 9.17) is 9.15 Å². The Morgan fingerprint density at radius 3 is 2.48 bits per heavy atom. The number of ether oxygens (including phenoxy) is 1. The summed E-state index contributed by atoms with van der Waals surface area (Å²) in [6.07, 6.45) is 0. The van der Waals surface area contributed by atoms with Crippen LogP contribution in [0.3, 0.4) is 0 Å². The Labute approximate surface area is 196 Å². The molecule has 33 heavy (non-hydrogen) atoms. The van der Waals surface area contributed by atoms with Gasteiger partial charge in [-0.15, -0.1) is 10.2 Å². The molecule has 1 fully saturated rings. The smallest absolute Gasteiger partial charge is 0.321 e. The van der Waals surface area contributed by atoms with Crippen molar-refractivity contribution in [3.05, 3.63) is 54.1 Å². The molecule has 0 bridgehead atoms. The van der Waals surface area contributed by atoms with E-state index in [-0.39, 0.29) is 17.7 Å². The Morgan fingerprint density at radius 2 is 1.79 bits per heavy atom. The quantitative estimate of drug-likeness (QED) is 0.554. The normalized spacial score (nSPS) is 13.6. The predicted octanol–water partition coefficient (Wildman–Crippen LogP) is 3.52. The molecule has 1 N–H and O–H groups in total. The van der Waals surface area contributed by atoms with E-state index in [0.29, 0.717) is 37.3 Å². The van der Waals surface area contributed by atoms with Crippen molar-refractivity contribution in [1.82, 2.24) is 20.0 Å². The first-order valence-corrected chi connectivity index (χ1v) is 11.5. The molecule has 172 valence electrons. The monoisotopic (exact) mass is 467 g/mol. The highest BCUT2D eigenvalue weighted by Crippen LogP contribution is 2.25. The second kappa shape index (κ2) is 10.4. The van der Waals surface area contributed by atoms with Crippen molar-refractivity contribution >= 4 is 29.4 Å². The number of carbonyl (C=O) groups is 2. The molecule has 0 aliphatic carbocycles. The molecule has 1 saturated heterocycles. The molecule has 1 aliphatic heterocycles. The molecule has 0 atom stereocenters. The van der Waals surface area contributed by atoms with Crippen molar-refractivity contribution in [2.45, 2.75) is 12.1 Å². The van der Waals surface area contributed by atoms with E-state index in [0.717, 1.165) is 22.6 Å². The molecule has 4 rings (SSSR count). The SMILES string of the molecule is COc1ccc(-c2nnc(SCC(=O)N3CCN(C(=O)Nc4cccc(C)c4)CC3)o2)cc1. The highest BCUT2D eigenvalue weighted by molar-refractivity contribution is 7.99. The van der Waals surface area contributed by atoms with Crippen LogP contribution < -0.4 is 10.1 Å².